The molecule has 0 amide bonds. The van der Waals surface area contributed by atoms with Crippen molar-refractivity contribution in [1.82, 2.24) is 0 Å². The number of ether oxygens (including phenoxy) is 8. The summed E-state index contributed by atoms with van der Waals surface area (Å²) in [5.41, 5.74) is -2.40. The van der Waals surface area contributed by atoms with Crippen LogP contribution in [0.1, 0.15) is 92.9 Å². The van der Waals surface area contributed by atoms with E-state index >= 15 is 0 Å². The van der Waals surface area contributed by atoms with Crippen LogP contribution in [-0.2, 0) is 113 Å². The zero-order valence-electron chi connectivity index (χ0n) is 28.5. The largest absolute Gasteiger partial charge is 0.508 e. The van der Waals surface area contributed by atoms with Crippen molar-refractivity contribution in [2.45, 2.75) is 141 Å². The van der Waals surface area contributed by atoms with Gasteiger partial charge in [0.15, 0.2) is 11.2 Å². The van der Waals surface area contributed by atoms with Crippen molar-refractivity contribution in [2.24, 2.45) is 0 Å². The van der Waals surface area contributed by atoms with Crippen LogP contribution in [0.25, 0.3) is 0 Å². The van der Waals surface area contributed by atoms with Crippen LogP contribution in [0.15, 0.2) is 0 Å². The van der Waals surface area contributed by atoms with Gasteiger partial charge in [0.2, 0.25) is 0 Å². The van der Waals surface area contributed by atoms with Gasteiger partial charge in [-0.15, -0.1) is 0 Å². The van der Waals surface area contributed by atoms with Crippen LogP contribution in [0.2, 0.25) is 0 Å². The number of hydrogen-bond donors (Lipinski definition) is 2. The molecule has 2 fully saturated rings. The third kappa shape index (κ3) is 18.3. The average Bonchev–Trinajstić information content (AvgIpc) is 2.96. The van der Waals surface area contributed by atoms with E-state index in [1.165, 1.54) is 14.2 Å². The summed E-state index contributed by atoms with van der Waals surface area (Å²) in [6.45, 7) is 9.61. The SMILES string of the molecule is COC(=O)OCC(C)OC(C)(C)C(=O)OC1CCCCC1O.COC(=O)OCC(C)OC(C)(C)C(=O)OC1CCCCC1O.[Y].[Y]. The summed E-state index contributed by atoms with van der Waals surface area (Å²) < 4.78 is 40.1. The molecule has 6 atom stereocenters. The molecular formula is C30H52O14Y2. The van der Waals surface area contributed by atoms with Gasteiger partial charge in [-0.05, 0) is 80.1 Å². The van der Waals surface area contributed by atoms with Crippen LogP contribution in [-0.4, -0.2) is 110 Å². The first-order valence-electron chi connectivity index (χ1n) is 15.1. The third-order valence-corrected chi connectivity index (χ3v) is 7.03. The van der Waals surface area contributed by atoms with E-state index in [4.69, 9.17) is 28.4 Å². The van der Waals surface area contributed by atoms with E-state index in [0.29, 0.717) is 25.7 Å². The zero-order valence-corrected chi connectivity index (χ0v) is 34.2. The van der Waals surface area contributed by atoms with Crippen molar-refractivity contribution in [2.75, 3.05) is 27.4 Å². The minimum absolute atomic E-state index is 0. The molecule has 2 saturated carbocycles. The van der Waals surface area contributed by atoms with Gasteiger partial charge in [-0.25, -0.2) is 19.2 Å². The Bertz CT molecular complexity index is 844. The molecule has 262 valence electrons. The van der Waals surface area contributed by atoms with Crippen molar-refractivity contribution in [3.8, 4) is 0 Å². The van der Waals surface area contributed by atoms with Crippen LogP contribution < -0.4 is 0 Å². The van der Waals surface area contributed by atoms with Crippen molar-refractivity contribution in [3.05, 3.63) is 0 Å². The second-order valence-corrected chi connectivity index (χ2v) is 12.0. The summed E-state index contributed by atoms with van der Waals surface area (Å²) in [7, 11) is 2.43. The Balaban J connectivity index is 0. The molecule has 0 saturated heterocycles. The fourth-order valence-electron chi connectivity index (χ4n) is 4.65. The second-order valence-electron chi connectivity index (χ2n) is 12.0. The molecule has 2 aliphatic carbocycles. The zero-order chi connectivity index (χ0) is 33.5. The topological polar surface area (TPSA) is 183 Å². The number of aliphatic hydroxyl groups excluding tert-OH is 2. The molecule has 2 aliphatic rings. The van der Waals surface area contributed by atoms with Crippen molar-refractivity contribution in [3.63, 3.8) is 0 Å². The quantitative estimate of drug-likeness (QED) is 0.215. The molecule has 6 unspecified atom stereocenters. The number of esters is 2. The van der Waals surface area contributed by atoms with Crippen molar-refractivity contribution >= 4 is 24.2 Å². The number of carbonyl (C=O) groups is 4. The molecule has 0 aliphatic heterocycles. The number of rotatable bonds is 12. The Morgan fingerprint density at radius 1 is 0.630 bits per heavy atom. The Labute approximate surface area is 322 Å². The van der Waals surface area contributed by atoms with E-state index < -0.39 is 72.1 Å². The second kappa shape index (κ2) is 23.8. The monoisotopic (exact) mass is 814 g/mol. The molecular weight excluding hydrogens is 762 g/mol. The van der Waals surface area contributed by atoms with Gasteiger partial charge in [0, 0.05) is 65.4 Å². The Hall–Kier alpha value is -0.472. The molecule has 0 heterocycles. The van der Waals surface area contributed by atoms with E-state index in [1.54, 1.807) is 41.5 Å². The van der Waals surface area contributed by atoms with E-state index in [1.807, 2.05) is 0 Å². The van der Waals surface area contributed by atoms with Crippen LogP contribution in [0.4, 0.5) is 9.59 Å². The summed E-state index contributed by atoms with van der Waals surface area (Å²) in [6.07, 6.45) is 1.53. The fraction of sp³-hybridized carbons (Fsp3) is 0.867. The van der Waals surface area contributed by atoms with Gasteiger partial charge in [0.05, 0.1) is 38.6 Å². The van der Waals surface area contributed by atoms with Crippen LogP contribution >= 0.6 is 0 Å². The molecule has 14 nitrogen and oxygen atoms in total. The summed E-state index contributed by atoms with van der Waals surface area (Å²) in [4.78, 5) is 46.2. The maximum absolute atomic E-state index is 12.2. The van der Waals surface area contributed by atoms with Gasteiger partial charge in [-0.3, -0.25) is 0 Å². The summed E-state index contributed by atoms with van der Waals surface area (Å²) >= 11 is 0. The van der Waals surface area contributed by atoms with Gasteiger partial charge in [-0.2, -0.15) is 0 Å². The minimum Gasteiger partial charge on any atom is -0.457 e. The standard InChI is InChI=1S/2C15H26O7.2Y/c2*1-10(9-20-14(18)19-4)22-15(2,3)13(17)21-12-8-6-5-7-11(12)16;;/h2*10-12,16H,5-9H2,1-4H3;;. The van der Waals surface area contributed by atoms with E-state index in [-0.39, 0.29) is 78.6 Å². The maximum atomic E-state index is 12.2. The van der Waals surface area contributed by atoms with Gasteiger partial charge >= 0.3 is 24.2 Å². The predicted octanol–water partition coefficient (Wildman–Crippen LogP) is 3.59. The van der Waals surface area contributed by atoms with E-state index in [0.717, 1.165) is 25.7 Å². The maximum Gasteiger partial charge on any atom is 0.508 e. The molecule has 0 aromatic carbocycles. The molecule has 46 heavy (non-hydrogen) atoms. The van der Waals surface area contributed by atoms with Crippen molar-refractivity contribution in [1.29, 1.82) is 0 Å². The molecule has 2 rings (SSSR count). The van der Waals surface area contributed by atoms with Crippen LogP contribution in [0.5, 0.6) is 0 Å². The van der Waals surface area contributed by atoms with Gasteiger partial charge in [0.25, 0.3) is 0 Å². The normalized spacial score (nSPS) is 22.5. The number of methoxy groups -OCH3 is 2. The Morgan fingerprint density at radius 2 is 0.935 bits per heavy atom. The summed E-state index contributed by atoms with van der Waals surface area (Å²) in [6, 6.07) is 0. The molecule has 2 N–H and O–H groups in total. The average molecular weight is 815 g/mol. The molecule has 2 radical (unpaired) electrons. The van der Waals surface area contributed by atoms with Crippen molar-refractivity contribution < 1.29 is 133 Å². The number of hydrogen-bond acceptors (Lipinski definition) is 14. The predicted molar refractivity (Wildman–Crippen MR) is 155 cm³/mol. The van der Waals surface area contributed by atoms with E-state index in [9.17, 15) is 29.4 Å². The number of carbonyl (C=O) groups excluding carboxylic acids is 4. The minimum atomic E-state index is -1.20. The first-order valence-corrected chi connectivity index (χ1v) is 15.1. The van der Waals surface area contributed by atoms with Gasteiger partial charge in [0.1, 0.15) is 25.4 Å². The van der Waals surface area contributed by atoms with Gasteiger partial charge in [-0.1, -0.05) is 12.8 Å². The number of aliphatic hydroxyl groups is 2. The van der Waals surface area contributed by atoms with Crippen LogP contribution in [0, 0.1) is 0 Å². The van der Waals surface area contributed by atoms with Crippen LogP contribution in [0.3, 0.4) is 0 Å². The molecule has 0 spiro atoms. The first-order chi connectivity index (χ1) is 20.5. The Kier molecular flexibility index (Phi) is 24.7. The van der Waals surface area contributed by atoms with E-state index in [2.05, 4.69) is 9.47 Å². The molecule has 0 aromatic rings. The summed E-state index contributed by atoms with van der Waals surface area (Å²) in [5.74, 6) is -1.08. The molecule has 16 heteroatoms. The third-order valence-electron chi connectivity index (χ3n) is 7.03. The fourth-order valence-corrected chi connectivity index (χ4v) is 4.65. The first kappa shape index (κ1) is 47.6. The smallest absolute Gasteiger partial charge is 0.457 e. The van der Waals surface area contributed by atoms with Gasteiger partial charge < -0.3 is 48.1 Å². The molecule has 0 bridgehead atoms. The summed E-state index contributed by atoms with van der Waals surface area (Å²) in [5, 5.41) is 19.7. The Morgan fingerprint density at radius 3 is 1.22 bits per heavy atom. The molecule has 0 aromatic heterocycles.